The molecule has 2 heteroatoms. The average molecular weight is 395 g/mol. The Kier molecular flexibility index (Phi) is 3.34. The summed E-state index contributed by atoms with van der Waals surface area (Å²) in [5, 5.41) is 2.91. The summed E-state index contributed by atoms with van der Waals surface area (Å²) in [7, 11) is 0. The summed E-state index contributed by atoms with van der Waals surface area (Å²) in [6, 6.07) is 27.5. The van der Waals surface area contributed by atoms with Crippen molar-refractivity contribution in [2.75, 3.05) is 0 Å². The van der Waals surface area contributed by atoms with Crippen molar-refractivity contribution < 1.29 is 4.42 Å². The normalized spacial score (nSPS) is 14.3. The van der Waals surface area contributed by atoms with Gasteiger partial charge in [0, 0.05) is 26.8 Å². The Bertz CT molecular complexity index is 1420. The second-order valence-corrected chi connectivity index (χ2v) is 8.77. The van der Waals surface area contributed by atoms with Crippen LogP contribution in [-0.2, 0) is 5.41 Å². The quantitative estimate of drug-likeness (QED) is 0.279. The van der Waals surface area contributed by atoms with E-state index in [1.807, 2.05) is 18.2 Å². The highest BCUT2D eigenvalue weighted by Gasteiger charge is 2.39. The molecular weight excluding hydrogens is 376 g/mol. The Balaban J connectivity index is 1.86. The second kappa shape index (κ2) is 5.75. The maximum absolute atomic E-state index is 6.45. The van der Waals surface area contributed by atoms with Crippen LogP contribution < -0.4 is 0 Å². The first-order valence-electron chi connectivity index (χ1n) is 9.90. The Morgan fingerprint density at radius 1 is 0.759 bits per heavy atom. The second-order valence-electron chi connectivity index (χ2n) is 8.33. The molecule has 1 heterocycles. The molecule has 6 rings (SSSR count). The van der Waals surface area contributed by atoms with Crippen LogP contribution >= 0.6 is 11.6 Å². The van der Waals surface area contributed by atoms with Gasteiger partial charge in [-0.15, -0.1) is 0 Å². The fourth-order valence-corrected chi connectivity index (χ4v) is 5.19. The molecule has 0 aliphatic heterocycles. The molecule has 0 unspecified atom stereocenters. The van der Waals surface area contributed by atoms with E-state index in [1.54, 1.807) is 0 Å². The van der Waals surface area contributed by atoms with Crippen molar-refractivity contribution in [3.63, 3.8) is 0 Å². The highest BCUT2D eigenvalue weighted by atomic mass is 35.5. The number of furan rings is 1. The van der Waals surface area contributed by atoms with E-state index >= 15 is 0 Å². The first kappa shape index (κ1) is 16.9. The van der Waals surface area contributed by atoms with E-state index in [4.69, 9.17) is 16.0 Å². The predicted molar refractivity (Wildman–Crippen MR) is 122 cm³/mol. The van der Waals surface area contributed by atoms with E-state index in [1.165, 1.54) is 33.4 Å². The molecule has 140 valence electrons. The summed E-state index contributed by atoms with van der Waals surface area (Å²) in [4.78, 5) is 0. The molecule has 0 amide bonds. The number of fused-ring (bicyclic) bond motifs is 6. The van der Waals surface area contributed by atoms with Gasteiger partial charge in [0.2, 0.25) is 0 Å². The monoisotopic (exact) mass is 394 g/mol. The first-order valence-corrected chi connectivity index (χ1v) is 10.3. The Hall–Kier alpha value is -3.03. The van der Waals surface area contributed by atoms with E-state index in [0.717, 1.165) is 27.0 Å². The van der Waals surface area contributed by atoms with Gasteiger partial charge in [0.25, 0.3) is 0 Å². The largest absolute Gasteiger partial charge is 0.455 e. The zero-order chi connectivity index (χ0) is 19.8. The Morgan fingerprint density at radius 2 is 1.52 bits per heavy atom. The minimum atomic E-state index is -0.109. The average Bonchev–Trinajstić information content (AvgIpc) is 3.20. The lowest BCUT2D eigenvalue weighted by Gasteiger charge is -2.24. The molecule has 0 saturated heterocycles. The van der Waals surface area contributed by atoms with Crippen molar-refractivity contribution in [3.8, 4) is 22.3 Å². The summed E-state index contributed by atoms with van der Waals surface area (Å²) >= 11 is 6.33. The first-order chi connectivity index (χ1) is 14.1. The van der Waals surface area contributed by atoms with E-state index in [0.29, 0.717) is 0 Å². The lowest BCUT2D eigenvalue weighted by atomic mass is 9.78. The smallest absolute Gasteiger partial charge is 0.143 e. The van der Waals surface area contributed by atoms with Gasteiger partial charge in [0.15, 0.2) is 0 Å². The van der Waals surface area contributed by atoms with Gasteiger partial charge in [0.1, 0.15) is 11.2 Å². The van der Waals surface area contributed by atoms with E-state index < -0.39 is 0 Å². The molecule has 1 aromatic heterocycles. The minimum absolute atomic E-state index is 0.109. The molecule has 1 aliphatic carbocycles. The predicted octanol–water partition coefficient (Wildman–Crippen LogP) is 8.21. The number of hydrogen-bond donors (Lipinski definition) is 0. The number of rotatable bonds is 1. The number of halogens is 1. The molecule has 1 aliphatic rings. The summed E-state index contributed by atoms with van der Waals surface area (Å²) in [6.45, 7) is 4.63. The third kappa shape index (κ3) is 2.22. The van der Waals surface area contributed by atoms with Gasteiger partial charge in [-0.25, -0.2) is 0 Å². The van der Waals surface area contributed by atoms with Gasteiger partial charge in [-0.3, -0.25) is 0 Å². The van der Waals surface area contributed by atoms with Crippen LogP contribution in [0.3, 0.4) is 0 Å². The van der Waals surface area contributed by atoms with Crippen LogP contribution in [0.5, 0.6) is 0 Å². The van der Waals surface area contributed by atoms with Crippen LogP contribution in [0.1, 0.15) is 25.0 Å². The molecule has 0 radical (unpaired) electrons. The van der Waals surface area contributed by atoms with Gasteiger partial charge in [-0.05, 0) is 52.1 Å². The zero-order valence-corrected chi connectivity index (χ0v) is 17.0. The lowest BCUT2D eigenvalue weighted by molar-refractivity contribution is 0.650. The van der Waals surface area contributed by atoms with E-state index in [2.05, 4.69) is 74.5 Å². The van der Waals surface area contributed by atoms with Crippen molar-refractivity contribution >= 4 is 33.5 Å². The van der Waals surface area contributed by atoms with Gasteiger partial charge in [-0.2, -0.15) is 0 Å². The van der Waals surface area contributed by atoms with Crippen LogP contribution in [0.25, 0.3) is 44.2 Å². The molecule has 0 bridgehead atoms. The lowest BCUT2D eigenvalue weighted by Crippen LogP contribution is -2.16. The summed E-state index contributed by atoms with van der Waals surface area (Å²) in [6.07, 6.45) is 0. The molecule has 1 nitrogen and oxygen atoms in total. The van der Waals surface area contributed by atoms with Crippen LogP contribution in [0.2, 0.25) is 5.02 Å². The third-order valence-corrected chi connectivity index (χ3v) is 6.54. The van der Waals surface area contributed by atoms with Gasteiger partial charge in [0.05, 0.1) is 0 Å². The third-order valence-electron chi connectivity index (χ3n) is 6.30. The van der Waals surface area contributed by atoms with Crippen LogP contribution in [0.4, 0.5) is 0 Å². The fourth-order valence-electron chi connectivity index (χ4n) is 5.02. The van der Waals surface area contributed by atoms with Crippen molar-refractivity contribution in [1.82, 2.24) is 0 Å². The van der Waals surface area contributed by atoms with Crippen molar-refractivity contribution in [2.24, 2.45) is 0 Å². The highest BCUT2D eigenvalue weighted by Crippen LogP contribution is 2.55. The maximum atomic E-state index is 6.45. The topological polar surface area (TPSA) is 13.1 Å². The maximum Gasteiger partial charge on any atom is 0.143 e. The van der Waals surface area contributed by atoms with E-state index in [-0.39, 0.29) is 5.41 Å². The van der Waals surface area contributed by atoms with Gasteiger partial charge in [-0.1, -0.05) is 80.0 Å². The molecule has 5 aromatic rings. The minimum Gasteiger partial charge on any atom is -0.455 e. The summed E-state index contributed by atoms with van der Waals surface area (Å²) in [5.74, 6) is 0. The van der Waals surface area contributed by atoms with Gasteiger partial charge < -0.3 is 4.42 Å². The van der Waals surface area contributed by atoms with Crippen molar-refractivity contribution in [2.45, 2.75) is 19.3 Å². The molecule has 0 saturated carbocycles. The molecule has 0 fully saturated rings. The van der Waals surface area contributed by atoms with E-state index in [9.17, 15) is 0 Å². The fraction of sp³-hybridized carbons (Fsp3) is 0.111. The molecule has 0 atom stereocenters. The molecule has 0 spiro atoms. The Labute approximate surface area is 174 Å². The molecule has 29 heavy (non-hydrogen) atoms. The number of hydrogen-bond acceptors (Lipinski definition) is 1. The van der Waals surface area contributed by atoms with Gasteiger partial charge >= 0.3 is 0 Å². The van der Waals surface area contributed by atoms with Crippen LogP contribution in [0.15, 0.2) is 83.3 Å². The molecular formula is C27H19ClO. The van der Waals surface area contributed by atoms with Crippen LogP contribution in [0, 0.1) is 0 Å². The Morgan fingerprint density at radius 3 is 2.34 bits per heavy atom. The van der Waals surface area contributed by atoms with Crippen molar-refractivity contribution in [1.29, 1.82) is 0 Å². The molecule has 0 N–H and O–H groups in total. The number of benzene rings is 4. The summed E-state index contributed by atoms with van der Waals surface area (Å²) < 4.78 is 6.45. The summed E-state index contributed by atoms with van der Waals surface area (Å²) in [5.41, 5.74) is 9.37. The van der Waals surface area contributed by atoms with Crippen molar-refractivity contribution in [3.05, 3.63) is 95.0 Å². The SMILES string of the molecule is CC1(C)c2ccccc2-c2cc3c(oc4ccc(Cl)cc43)c(-c3ccccc3)c21. The van der Waals surface area contributed by atoms with Crippen LogP contribution in [-0.4, -0.2) is 0 Å². The zero-order valence-electron chi connectivity index (χ0n) is 16.3. The molecule has 4 aromatic carbocycles. The standard InChI is InChI=1S/C27H19ClO/c1-27(2)22-11-7-6-10-18(22)20-15-21-19-14-17(28)12-13-23(19)29-26(21)24(25(20)27)16-8-4-3-5-9-16/h3-15H,1-2H3. The highest BCUT2D eigenvalue weighted by molar-refractivity contribution is 6.32.